The Kier molecular flexibility index (Phi) is 5.57. The summed E-state index contributed by atoms with van der Waals surface area (Å²) in [5.41, 5.74) is 4.56. The highest BCUT2D eigenvalue weighted by Crippen LogP contribution is 2.40. The van der Waals surface area contributed by atoms with E-state index in [0.717, 1.165) is 25.9 Å². The molecule has 2 fully saturated rings. The minimum Gasteiger partial charge on any atom is -0.463 e. The van der Waals surface area contributed by atoms with E-state index in [0.29, 0.717) is 5.52 Å². The van der Waals surface area contributed by atoms with E-state index in [9.17, 15) is 20.3 Å². The molecule has 0 unspecified atom stereocenters. The van der Waals surface area contributed by atoms with E-state index < -0.39 is 29.9 Å². The first-order chi connectivity index (χ1) is 14.5. The monoisotopic (exact) mass is 416 g/mol. The number of esters is 1. The number of nitrogens with one attached hydrogen (secondary N) is 1. The molecule has 160 valence electrons. The predicted octanol–water partition coefficient (Wildman–Crippen LogP) is -0.916. The van der Waals surface area contributed by atoms with Gasteiger partial charge in [0.25, 0.3) is 0 Å². The molecule has 2 aromatic rings. The fourth-order valence-corrected chi connectivity index (χ4v) is 4.11. The highest BCUT2D eigenvalue weighted by Gasteiger charge is 2.57. The number of nitrogen functional groups attached to an aromatic ring is 1. The van der Waals surface area contributed by atoms with Crippen LogP contribution in [0.4, 0.5) is 5.82 Å². The molecule has 2 aliphatic rings. The van der Waals surface area contributed by atoms with Crippen LogP contribution in [0.5, 0.6) is 0 Å². The third-order valence-corrected chi connectivity index (χ3v) is 5.81. The van der Waals surface area contributed by atoms with Gasteiger partial charge in [0.2, 0.25) is 5.60 Å². The molecule has 2 aliphatic heterocycles. The highest BCUT2D eigenvalue weighted by atomic mass is 16.6. The Bertz CT molecular complexity index is 968. The molecule has 2 saturated heterocycles. The first-order valence-electron chi connectivity index (χ1n) is 9.86. The summed E-state index contributed by atoms with van der Waals surface area (Å²) >= 11 is 0. The van der Waals surface area contributed by atoms with E-state index in [2.05, 4.69) is 15.4 Å². The Labute approximate surface area is 172 Å². The number of aliphatic hydroxyl groups excluding tert-OH is 2. The summed E-state index contributed by atoms with van der Waals surface area (Å²) in [5.74, 6) is 0.0604. The average Bonchev–Trinajstić information content (AvgIpc) is 3.29. The van der Waals surface area contributed by atoms with Gasteiger partial charge >= 0.3 is 5.97 Å². The molecule has 4 heterocycles. The lowest BCUT2D eigenvalue weighted by Crippen LogP contribution is -2.41. The molecule has 30 heavy (non-hydrogen) atoms. The van der Waals surface area contributed by atoms with Crippen molar-refractivity contribution in [1.82, 2.24) is 19.9 Å². The van der Waals surface area contributed by atoms with Crippen LogP contribution in [0, 0.1) is 17.2 Å². The lowest BCUT2D eigenvalue weighted by Gasteiger charge is -2.24. The molecular weight excluding hydrogens is 392 g/mol. The number of carbonyl (C=O) groups is 1. The number of aromatic nitrogens is 3. The molecule has 11 nitrogen and oxygen atoms in total. The molecule has 0 radical (unpaired) electrons. The largest absolute Gasteiger partial charge is 0.463 e. The fraction of sp³-hybridized carbons (Fsp3) is 0.579. The standard InChI is InChI=1S/C19H24N6O5/c20-9-19(14-2-1-12-18(21)23-10-24-25(12)14)17(28)16(27)13(30-19)8-29-15(26)7-11-3-5-22-6-4-11/h1-2,10-11,13,16-17,22,27-28H,3-8H2,(H2,21,23,24)/t13-,16-,17-,19+/m1/s1. The smallest absolute Gasteiger partial charge is 0.306 e. The number of piperidine rings is 1. The Morgan fingerprint density at radius 1 is 1.43 bits per heavy atom. The predicted molar refractivity (Wildman–Crippen MR) is 103 cm³/mol. The normalized spacial score (nSPS) is 29.7. The van der Waals surface area contributed by atoms with E-state index in [-0.39, 0.29) is 30.5 Å². The maximum Gasteiger partial charge on any atom is 0.306 e. The second kappa shape index (κ2) is 8.16. The van der Waals surface area contributed by atoms with Crippen LogP contribution in [0.2, 0.25) is 0 Å². The van der Waals surface area contributed by atoms with Gasteiger partial charge in [0.1, 0.15) is 42.8 Å². The van der Waals surface area contributed by atoms with Crippen molar-refractivity contribution in [3.05, 3.63) is 24.2 Å². The molecule has 5 N–H and O–H groups in total. The number of hydrogen-bond acceptors (Lipinski definition) is 10. The second-order valence-corrected chi connectivity index (χ2v) is 7.68. The minimum atomic E-state index is -1.90. The molecular formula is C19H24N6O5. The molecule has 2 aromatic heterocycles. The SMILES string of the molecule is N#C[C@@]1(c2ccc3c(N)ncnn23)O[C@H](COC(=O)CC2CCNCC2)[C@@H](O)[C@H]1O. The first-order valence-corrected chi connectivity index (χ1v) is 9.86. The second-order valence-electron chi connectivity index (χ2n) is 7.68. The van der Waals surface area contributed by atoms with Crippen LogP contribution in [0.25, 0.3) is 5.52 Å². The van der Waals surface area contributed by atoms with Crippen molar-refractivity contribution >= 4 is 17.3 Å². The van der Waals surface area contributed by atoms with Crippen molar-refractivity contribution in [3.63, 3.8) is 0 Å². The van der Waals surface area contributed by atoms with Crippen molar-refractivity contribution < 1.29 is 24.5 Å². The van der Waals surface area contributed by atoms with E-state index in [1.54, 1.807) is 6.07 Å². The minimum absolute atomic E-state index is 0.195. The van der Waals surface area contributed by atoms with Gasteiger partial charge < -0.3 is 30.7 Å². The maximum absolute atomic E-state index is 12.2. The number of nitrogens with zero attached hydrogens (tertiary/aromatic N) is 4. The van der Waals surface area contributed by atoms with Gasteiger partial charge in [-0.3, -0.25) is 4.79 Å². The quantitative estimate of drug-likeness (QED) is 0.447. The number of nitriles is 1. The average molecular weight is 416 g/mol. The molecule has 0 bridgehead atoms. The first kappa shape index (κ1) is 20.5. The summed E-state index contributed by atoms with van der Waals surface area (Å²) in [4.78, 5) is 16.1. The van der Waals surface area contributed by atoms with Gasteiger partial charge in [-0.05, 0) is 44.0 Å². The van der Waals surface area contributed by atoms with Crippen LogP contribution in [0.3, 0.4) is 0 Å². The molecule has 0 amide bonds. The van der Waals surface area contributed by atoms with E-state index in [4.69, 9.17) is 15.2 Å². The molecule has 4 rings (SSSR count). The van der Waals surface area contributed by atoms with Crippen LogP contribution in [-0.2, 0) is 19.9 Å². The topological polar surface area (TPSA) is 168 Å². The molecule has 0 spiro atoms. The van der Waals surface area contributed by atoms with E-state index >= 15 is 0 Å². The van der Waals surface area contributed by atoms with Crippen LogP contribution in [0.15, 0.2) is 18.5 Å². The van der Waals surface area contributed by atoms with Gasteiger partial charge in [0, 0.05) is 6.42 Å². The molecule has 0 aromatic carbocycles. The number of carbonyl (C=O) groups excluding carboxylic acids is 1. The van der Waals surface area contributed by atoms with Gasteiger partial charge in [-0.2, -0.15) is 10.4 Å². The lowest BCUT2D eigenvalue weighted by molar-refractivity contribution is -0.151. The summed E-state index contributed by atoms with van der Waals surface area (Å²) in [6.07, 6.45) is -0.766. The number of nitrogens with two attached hydrogens (primary N) is 1. The number of ether oxygens (including phenoxy) is 2. The van der Waals surface area contributed by atoms with Crippen LogP contribution >= 0.6 is 0 Å². The highest BCUT2D eigenvalue weighted by molar-refractivity contribution is 5.69. The van der Waals surface area contributed by atoms with Gasteiger partial charge in [0.05, 0.1) is 5.69 Å². The molecule has 0 aliphatic carbocycles. The number of fused-ring (bicyclic) bond motifs is 1. The summed E-state index contributed by atoms with van der Waals surface area (Å²) < 4.78 is 12.4. The van der Waals surface area contributed by atoms with Crippen molar-refractivity contribution in [1.29, 1.82) is 5.26 Å². The summed E-state index contributed by atoms with van der Waals surface area (Å²) in [7, 11) is 0. The third-order valence-electron chi connectivity index (χ3n) is 5.81. The van der Waals surface area contributed by atoms with Gasteiger partial charge in [-0.15, -0.1) is 0 Å². The molecule has 4 atom stereocenters. The third kappa shape index (κ3) is 3.48. The van der Waals surface area contributed by atoms with Crippen LogP contribution in [0.1, 0.15) is 25.0 Å². The van der Waals surface area contributed by atoms with Crippen LogP contribution < -0.4 is 11.1 Å². The number of hydrogen-bond donors (Lipinski definition) is 4. The number of rotatable bonds is 5. The zero-order chi connectivity index (χ0) is 21.3. The Morgan fingerprint density at radius 3 is 2.93 bits per heavy atom. The Morgan fingerprint density at radius 2 is 2.20 bits per heavy atom. The Balaban J connectivity index is 1.49. The van der Waals surface area contributed by atoms with Crippen molar-refractivity contribution in [3.8, 4) is 6.07 Å². The molecule has 11 heteroatoms. The van der Waals surface area contributed by atoms with Crippen molar-refractivity contribution in [2.75, 3.05) is 25.4 Å². The summed E-state index contributed by atoms with van der Waals surface area (Å²) in [6, 6.07) is 5.08. The Hall–Kier alpha value is -2.78. The lowest BCUT2D eigenvalue weighted by atomic mass is 9.92. The van der Waals surface area contributed by atoms with Crippen molar-refractivity contribution in [2.45, 2.75) is 43.2 Å². The number of anilines is 1. The zero-order valence-corrected chi connectivity index (χ0v) is 16.3. The van der Waals surface area contributed by atoms with E-state index in [1.807, 2.05) is 6.07 Å². The van der Waals surface area contributed by atoms with Gasteiger partial charge in [-0.1, -0.05) is 0 Å². The maximum atomic E-state index is 12.2. The van der Waals surface area contributed by atoms with Crippen molar-refractivity contribution in [2.24, 2.45) is 5.92 Å². The van der Waals surface area contributed by atoms with Gasteiger partial charge in [0.15, 0.2) is 5.82 Å². The zero-order valence-electron chi connectivity index (χ0n) is 16.3. The van der Waals surface area contributed by atoms with Crippen LogP contribution in [-0.4, -0.2) is 68.8 Å². The number of aliphatic hydroxyl groups is 2. The fourth-order valence-electron chi connectivity index (χ4n) is 4.11. The molecule has 0 saturated carbocycles. The van der Waals surface area contributed by atoms with Gasteiger partial charge in [-0.25, -0.2) is 9.50 Å². The summed E-state index contributed by atoms with van der Waals surface area (Å²) in [5, 5.41) is 38.3. The summed E-state index contributed by atoms with van der Waals surface area (Å²) in [6.45, 7) is 1.48. The van der Waals surface area contributed by atoms with E-state index in [1.165, 1.54) is 16.9 Å².